The molecule has 20 heavy (non-hydrogen) atoms. The van der Waals surface area contributed by atoms with Crippen LogP contribution in [0, 0.1) is 0 Å². The summed E-state index contributed by atoms with van der Waals surface area (Å²) < 4.78 is 42.6. The first-order valence-corrected chi connectivity index (χ1v) is 6.08. The van der Waals surface area contributed by atoms with Gasteiger partial charge in [0.05, 0.1) is 5.56 Å². The first-order valence-electron chi connectivity index (χ1n) is 6.08. The van der Waals surface area contributed by atoms with Crippen molar-refractivity contribution < 1.29 is 22.7 Å². The van der Waals surface area contributed by atoms with E-state index in [0.717, 1.165) is 12.1 Å². The minimum atomic E-state index is -4.43. The van der Waals surface area contributed by atoms with Crippen LogP contribution in [0.15, 0.2) is 24.3 Å². The molecule has 1 rings (SSSR count). The molecule has 1 aromatic carbocycles. The van der Waals surface area contributed by atoms with Crippen molar-refractivity contribution >= 4 is 5.91 Å². The molecule has 0 aromatic heterocycles. The van der Waals surface area contributed by atoms with Crippen molar-refractivity contribution in [3.63, 3.8) is 0 Å². The molecule has 112 valence electrons. The van der Waals surface area contributed by atoms with Crippen LogP contribution in [0.1, 0.15) is 12.0 Å². The van der Waals surface area contributed by atoms with Crippen molar-refractivity contribution in [3.05, 3.63) is 29.8 Å². The van der Waals surface area contributed by atoms with Gasteiger partial charge in [0, 0.05) is 13.6 Å². The highest BCUT2D eigenvalue weighted by molar-refractivity contribution is 5.77. The molecule has 0 heterocycles. The lowest BCUT2D eigenvalue weighted by Gasteiger charge is -2.17. The van der Waals surface area contributed by atoms with Crippen molar-refractivity contribution in [1.82, 2.24) is 4.90 Å². The number of halogens is 3. The van der Waals surface area contributed by atoms with Gasteiger partial charge < -0.3 is 15.4 Å². The standard InChI is InChI=1S/C13H17F3N2O2/c1-18(7-3-6-17)12(19)9-20-11-5-2-4-10(8-11)13(14,15)16/h2,4-5,8H,3,6-7,9,17H2,1H3. The highest BCUT2D eigenvalue weighted by atomic mass is 19.4. The van der Waals surface area contributed by atoms with Gasteiger partial charge in [-0.25, -0.2) is 0 Å². The predicted octanol–water partition coefficient (Wildman–Crippen LogP) is 1.89. The number of ether oxygens (including phenoxy) is 1. The second-order valence-corrected chi connectivity index (χ2v) is 4.27. The molecule has 0 unspecified atom stereocenters. The van der Waals surface area contributed by atoms with Crippen molar-refractivity contribution in [2.45, 2.75) is 12.6 Å². The average molecular weight is 290 g/mol. The number of hydrogen-bond donors (Lipinski definition) is 1. The minimum absolute atomic E-state index is 0.0143. The summed E-state index contributed by atoms with van der Waals surface area (Å²) in [4.78, 5) is 13.1. The van der Waals surface area contributed by atoms with E-state index in [-0.39, 0.29) is 18.3 Å². The highest BCUT2D eigenvalue weighted by Gasteiger charge is 2.30. The molecule has 1 amide bonds. The smallest absolute Gasteiger partial charge is 0.416 e. The number of likely N-dealkylation sites (N-methyl/N-ethyl adjacent to an activating group) is 1. The molecule has 4 nitrogen and oxygen atoms in total. The molecule has 0 radical (unpaired) electrons. The molecule has 7 heteroatoms. The Bertz CT molecular complexity index is 449. The van der Waals surface area contributed by atoms with Gasteiger partial charge in [-0.2, -0.15) is 13.2 Å². The van der Waals surface area contributed by atoms with Gasteiger partial charge in [0.15, 0.2) is 6.61 Å². The SMILES string of the molecule is CN(CCCN)C(=O)COc1cccc(C(F)(F)F)c1. The normalized spacial score (nSPS) is 11.2. The first kappa shape index (κ1) is 16.3. The Morgan fingerprint density at radius 3 is 2.70 bits per heavy atom. The number of carbonyl (C=O) groups is 1. The highest BCUT2D eigenvalue weighted by Crippen LogP contribution is 2.31. The third kappa shape index (κ3) is 5.08. The molecule has 1 aromatic rings. The van der Waals surface area contributed by atoms with E-state index in [9.17, 15) is 18.0 Å². The van der Waals surface area contributed by atoms with Gasteiger partial charge >= 0.3 is 6.18 Å². The van der Waals surface area contributed by atoms with Gasteiger partial charge in [0.25, 0.3) is 5.91 Å². The van der Waals surface area contributed by atoms with Gasteiger partial charge in [-0.05, 0) is 31.2 Å². The van der Waals surface area contributed by atoms with Crippen LogP contribution in [0.4, 0.5) is 13.2 Å². The molecular formula is C13H17F3N2O2. The van der Waals surface area contributed by atoms with Crippen molar-refractivity contribution in [1.29, 1.82) is 0 Å². The maximum Gasteiger partial charge on any atom is 0.416 e. The fraction of sp³-hybridized carbons (Fsp3) is 0.462. The van der Waals surface area contributed by atoms with Crippen LogP contribution in [0.3, 0.4) is 0 Å². The molecule has 0 spiro atoms. The fourth-order valence-corrected chi connectivity index (χ4v) is 1.47. The van der Waals surface area contributed by atoms with Crippen molar-refractivity contribution in [2.24, 2.45) is 5.73 Å². The minimum Gasteiger partial charge on any atom is -0.484 e. The largest absolute Gasteiger partial charge is 0.484 e. The zero-order valence-electron chi connectivity index (χ0n) is 11.1. The van der Waals surface area contributed by atoms with E-state index in [1.165, 1.54) is 17.0 Å². The Labute approximate surface area is 115 Å². The summed E-state index contributed by atoms with van der Waals surface area (Å²) in [5.74, 6) is -0.295. The molecule has 0 bridgehead atoms. The first-order chi connectivity index (χ1) is 9.34. The summed E-state index contributed by atoms with van der Waals surface area (Å²) in [6, 6.07) is 4.43. The number of rotatable bonds is 6. The summed E-state index contributed by atoms with van der Waals surface area (Å²) >= 11 is 0. The Kier molecular flexibility index (Phi) is 5.82. The van der Waals surface area contributed by atoms with Gasteiger partial charge in [-0.3, -0.25) is 4.79 Å². The number of nitrogens with zero attached hydrogens (tertiary/aromatic N) is 1. The number of hydrogen-bond acceptors (Lipinski definition) is 3. The number of carbonyl (C=O) groups excluding carboxylic acids is 1. The zero-order chi connectivity index (χ0) is 15.2. The summed E-state index contributed by atoms with van der Waals surface area (Å²) in [6.07, 6.45) is -3.77. The lowest BCUT2D eigenvalue weighted by Crippen LogP contribution is -2.33. The zero-order valence-corrected chi connectivity index (χ0v) is 11.1. The van der Waals surface area contributed by atoms with E-state index in [1.54, 1.807) is 7.05 Å². The van der Waals surface area contributed by atoms with E-state index in [1.807, 2.05) is 0 Å². The summed E-state index contributed by atoms with van der Waals surface area (Å²) in [5, 5.41) is 0. The monoisotopic (exact) mass is 290 g/mol. The van der Waals surface area contributed by atoms with Crippen LogP contribution < -0.4 is 10.5 Å². The summed E-state index contributed by atoms with van der Waals surface area (Å²) in [5.41, 5.74) is 4.52. The Morgan fingerprint density at radius 1 is 1.40 bits per heavy atom. The van der Waals surface area contributed by atoms with E-state index in [4.69, 9.17) is 10.5 Å². The number of alkyl halides is 3. The predicted molar refractivity (Wildman–Crippen MR) is 68.2 cm³/mol. The molecule has 0 atom stereocenters. The molecule has 0 aliphatic carbocycles. The van der Waals surface area contributed by atoms with Crippen LogP contribution in [-0.2, 0) is 11.0 Å². The van der Waals surface area contributed by atoms with E-state index < -0.39 is 11.7 Å². The van der Waals surface area contributed by atoms with Crippen LogP contribution in [0.25, 0.3) is 0 Å². The van der Waals surface area contributed by atoms with E-state index in [2.05, 4.69) is 0 Å². The maximum absolute atomic E-state index is 12.5. The Morgan fingerprint density at radius 2 is 2.10 bits per heavy atom. The lowest BCUT2D eigenvalue weighted by atomic mass is 10.2. The molecule has 0 fully saturated rings. The maximum atomic E-state index is 12.5. The number of amides is 1. The van der Waals surface area contributed by atoms with Gasteiger partial charge in [0.2, 0.25) is 0 Å². The quantitative estimate of drug-likeness (QED) is 0.870. The third-order valence-corrected chi connectivity index (χ3v) is 2.65. The van der Waals surface area contributed by atoms with Crippen molar-refractivity contribution in [3.8, 4) is 5.75 Å². The Hall–Kier alpha value is -1.76. The fourth-order valence-electron chi connectivity index (χ4n) is 1.47. The van der Waals surface area contributed by atoms with Gasteiger partial charge in [0.1, 0.15) is 5.75 Å². The molecule has 0 saturated heterocycles. The van der Waals surface area contributed by atoms with Crippen molar-refractivity contribution in [2.75, 3.05) is 26.7 Å². The van der Waals surface area contributed by atoms with Gasteiger partial charge in [-0.15, -0.1) is 0 Å². The molecule has 0 aliphatic rings. The average Bonchev–Trinajstić information content (AvgIpc) is 2.41. The number of benzene rings is 1. The second-order valence-electron chi connectivity index (χ2n) is 4.27. The topological polar surface area (TPSA) is 55.6 Å². The molecule has 0 saturated carbocycles. The summed E-state index contributed by atoms with van der Waals surface area (Å²) in [7, 11) is 1.59. The lowest BCUT2D eigenvalue weighted by molar-refractivity contribution is -0.137. The second kappa shape index (κ2) is 7.14. The van der Waals surface area contributed by atoms with Crippen LogP contribution in [-0.4, -0.2) is 37.6 Å². The summed E-state index contributed by atoms with van der Waals surface area (Å²) in [6.45, 7) is 0.649. The molecular weight excluding hydrogens is 273 g/mol. The Balaban J connectivity index is 2.55. The van der Waals surface area contributed by atoms with Crippen LogP contribution >= 0.6 is 0 Å². The molecule has 2 N–H and O–H groups in total. The van der Waals surface area contributed by atoms with Crippen LogP contribution in [0.5, 0.6) is 5.75 Å². The van der Waals surface area contributed by atoms with E-state index >= 15 is 0 Å². The van der Waals surface area contributed by atoms with Crippen LogP contribution in [0.2, 0.25) is 0 Å². The molecule has 0 aliphatic heterocycles. The van der Waals surface area contributed by atoms with Gasteiger partial charge in [-0.1, -0.05) is 6.07 Å². The third-order valence-electron chi connectivity index (χ3n) is 2.65. The van der Waals surface area contributed by atoms with E-state index in [0.29, 0.717) is 19.5 Å². The number of nitrogens with two attached hydrogens (primary N) is 1.